The van der Waals surface area contributed by atoms with Crippen LogP contribution in [0.15, 0.2) is 42.5 Å². The van der Waals surface area contributed by atoms with Gasteiger partial charge in [-0.15, -0.1) is 0 Å². The fourth-order valence-electron chi connectivity index (χ4n) is 3.83. The van der Waals surface area contributed by atoms with Crippen molar-refractivity contribution >= 4 is 21.8 Å². The van der Waals surface area contributed by atoms with Crippen LogP contribution in [0.4, 0.5) is 5.69 Å². The van der Waals surface area contributed by atoms with Gasteiger partial charge in [-0.05, 0) is 73.1 Å². The number of carbonyl (C=O) groups excluding carboxylic acids is 1. The van der Waals surface area contributed by atoms with E-state index in [9.17, 15) is 13.2 Å². The molecule has 1 aliphatic rings. The zero-order valence-electron chi connectivity index (χ0n) is 18.2. The van der Waals surface area contributed by atoms with E-state index in [4.69, 9.17) is 0 Å². The summed E-state index contributed by atoms with van der Waals surface area (Å²) in [4.78, 5) is 12.8. The Kier molecular flexibility index (Phi) is 6.83. The van der Waals surface area contributed by atoms with E-state index in [0.29, 0.717) is 11.3 Å². The molecule has 162 valence electrons. The number of amides is 1. The summed E-state index contributed by atoms with van der Waals surface area (Å²) in [5, 5.41) is 3.12. The predicted molar refractivity (Wildman–Crippen MR) is 121 cm³/mol. The Morgan fingerprint density at radius 3 is 2.23 bits per heavy atom. The van der Waals surface area contributed by atoms with Crippen molar-refractivity contribution in [3.63, 3.8) is 0 Å². The molecule has 0 aromatic heterocycles. The van der Waals surface area contributed by atoms with Crippen LogP contribution < -0.4 is 9.62 Å². The summed E-state index contributed by atoms with van der Waals surface area (Å²) in [6, 6.07) is 13.1. The third-order valence-electron chi connectivity index (χ3n) is 5.79. The second-order valence-corrected chi connectivity index (χ2v) is 10.1. The zero-order chi connectivity index (χ0) is 21.9. The van der Waals surface area contributed by atoms with Gasteiger partial charge in [-0.3, -0.25) is 9.10 Å². The van der Waals surface area contributed by atoms with Crippen molar-refractivity contribution in [3.05, 3.63) is 64.7 Å². The second kappa shape index (κ2) is 9.18. The Hall–Kier alpha value is -2.38. The molecule has 2 aromatic rings. The van der Waals surface area contributed by atoms with Gasteiger partial charge in [0.05, 0.1) is 11.7 Å². The van der Waals surface area contributed by atoms with Gasteiger partial charge in [0.1, 0.15) is 0 Å². The summed E-state index contributed by atoms with van der Waals surface area (Å²) in [5.41, 5.74) is 4.98. The molecule has 3 rings (SSSR count). The highest BCUT2D eigenvalue weighted by Gasteiger charge is 2.21. The van der Waals surface area contributed by atoms with Crippen molar-refractivity contribution in [3.8, 4) is 0 Å². The molecule has 1 aliphatic carbocycles. The molecule has 1 atom stereocenters. The second-order valence-electron chi connectivity index (χ2n) is 7.97. The zero-order valence-corrected chi connectivity index (χ0v) is 19.0. The van der Waals surface area contributed by atoms with Gasteiger partial charge in [0.25, 0.3) is 5.91 Å². The van der Waals surface area contributed by atoms with E-state index >= 15 is 0 Å². The Labute approximate surface area is 180 Å². The van der Waals surface area contributed by atoms with Crippen LogP contribution >= 0.6 is 0 Å². The molecule has 0 spiro atoms. The van der Waals surface area contributed by atoms with Crippen molar-refractivity contribution in [2.75, 3.05) is 25.4 Å². The van der Waals surface area contributed by atoms with Crippen LogP contribution in [-0.2, 0) is 23.1 Å². The fraction of sp³-hybridized carbons (Fsp3) is 0.435. The third kappa shape index (κ3) is 4.68. The first kappa shape index (κ1) is 22.3. The minimum Gasteiger partial charge on any atom is -0.345 e. The van der Waals surface area contributed by atoms with E-state index in [1.54, 1.807) is 24.3 Å². The molecular weight excluding hydrogens is 398 g/mol. The van der Waals surface area contributed by atoms with Crippen LogP contribution in [0, 0.1) is 0 Å². The quantitative estimate of drug-likeness (QED) is 0.730. The van der Waals surface area contributed by atoms with Gasteiger partial charge in [0, 0.05) is 26.7 Å². The first-order valence-corrected chi connectivity index (χ1v) is 11.8. The Balaban J connectivity index is 1.73. The molecule has 6 nitrogen and oxygen atoms in total. The SMILES string of the molecule is CC[C@H](NC(=O)c1ccc(N(C)S(=O)(=O)N(C)C)cc1)c1ccc2c(c1)CCCC2. The summed E-state index contributed by atoms with van der Waals surface area (Å²) < 4.78 is 26.9. The molecule has 0 unspecified atom stereocenters. The number of hydrogen-bond donors (Lipinski definition) is 1. The molecule has 7 heteroatoms. The van der Waals surface area contributed by atoms with E-state index in [1.807, 2.05) is 0 Å². The largest absolute Gasteiger partial charge is 0.345 e. The number of carbonyl (C=O) groups is 1. The summed E-state index contributed by atoms with van der Waals surface area (Å²) in [6.45, 7) is 2.06. The molecule has 2 aromatic carbocycles. The molecular formula is C23H31N3O3S. The van der Waals surface area contributed by atoms with Crippen molar-refractivity contribution in [2.45, 2.75) is 45.1 Å². The molecule has 0 bridgehead atoms. The van der Waals surface area contributed by atoms with Crippen molar-refractivity contribution in [2.24, 2.45) is 0 Å². The lowest BCUT2D eigenvalue weighted by molar-refractivity contribution is 0.0935. The van der Waals surface area contributed by atoms with Gasteiger partial charge >= 0.3 is 10.2 Å². The number of benzene rings is 2. The molecule has 0 radical (unpaired) electrons. The lowest BCUT2D eigenvalue weighted by Crippen LogP contribution is -2.37. The first-order chi connectivity index (χ1) is 14.2. The van der Waals surface area contributed by atoms with Crippen LogP contribution in [0.25, 0.3) is 0 Å². The van der Waals surface area contributed by atoms with Crippen LogP contribution in [0.1, 0.15) is 59.3 Å². The van der Waals surface area contributed by atoms with Gasteiger partial charge < -0.3 is 5.32 Å². The van der Waals surface area contributed by atoms with Gasteiger partial charge in [-0.2, -0.15) is 12.7 Å². The smallest absolute Gasteiger partial charge is 0.303 e. The molecule has 1 N–H and O–H groups in total. The maximum Gasteiger partial charge on any atom is 0.303 e. The van der Waals surface area contributed by atoms with Crippen LogP contribution in [0.3, 0.4) is 0 Å². The maximum absolute atomic E-state index is 12.8. The van der Waals surface area contributed by atoms with Crippen LogP contribution in [0.2, 0.25) is 0 Å². The Morgan fingerprint density at radius 1 is 1.00 bits per heavy atom. The minimum absolute atomic E-state index is 0.0544. The van der Waals surface area contributed by atoms with E-state index < -0.39 is 10.2 Å². The molecule has 30 heavy (non-hydrogen) atoms. The maximum atomic E-state index is 12.8. The molecule has 0 saturated carbocycles. The normalized spacial score (nSPS) is 14.8. The van der Waals surface area contributed by atoms with Gasteiger partial charge in [-0.25, -0.2) is 0 Å². The topological polar surface area (TPSA) is 69.7 Å². The van der Waals surface area contributed by atoms with Gasteiger partial charge in [0.15, 0.2) is 0 Å². The van der Waals surface area contributed by atoms with E-state index in [-0.39, 0.29) is 11.9 Å². The van der Waals surface area contributed by atoms with E-state index in [1.165, 1.54) is 49.4 Å². The predicted octanol–water partition coefficient (Wildman–Crippen LogP) is 3.69. The summed E-state index contributed by atoms with van der Waals surface area (Å²) in [5.74, 6) is -0.163. The first-order valence-electron chi connectivity index (χ1n) is 10.4. The lowest BCUT2D eigenvalue weighted by atomic mass is 9.88. The average molecular weight is 430 g/mol. The molecule has 1 amide bonds. The highest BCUT2D eigenvalue weighted by Crippen LogP contribution is 2.26. The fourth-order valence-corrected chi connectivity index (χ4v) is 4.71. The summed E-state index contributed by atoms with van der Waals surface area (Å²) in [6.07, 6.45) is 5.53. The molecule has 0 aliphatic heterocycles. The van der Waals surface area contributed by atoms with Crippen molar-refractivity contribution in [1.82, 2.24) is 9.62 Å². The number of anilines is 1. The lowest BCUT2D eigenvalue weighted by Gasteiger charge is -2.23. The van der Waals surface area contributed by atoms with Gasteiger partial charge in [-0.1, -0.05) is 25.1 Å². The number of rotatable bonds is 7. The number of aryl methyl sites for hydroxylation is 2. The highest BCUT2D eigenvalue weighted by atomic mass is 32.2. The third-order valence-corrected chi connectivity index (χ3v) is 7.61. The Morgan fingerprint density at radius 2 is 1.63 bits per heavy atom. The number of nitrogens with one attached hydrogen (secondary N) is 1. The molecule has 0 heterocycles. The van der Waals surface area contributed by atoms with Crippen molar-refractivity contribution in [1.29, 1.82) is 0 Å². The summed E-state index contributed by atoms with van der Waals surface area (Å²) >= 11 is 0. The number of nitrogens with zero attached hydrogens (tertiary/aromatic N) is 2. The van der Waals surface area contributed by atoms with Crippen LogP contribution in [0.5, 0.6) is 0 Å². The van der Waals surface area contributed by atoms with E-state index in [0.717, 1.165) is 29.1 Å². The number of hydrogen-bond acceptors (Lipinski definition) is 3. The number of fused-ring (bicyclic) bond motifs is 1. The van der Waals surface area contributed by atoms with Gasteiger partial charge in [0.2, 0.25) is 0 Å². The average Bonchev–Trinajstić information content (AvgIpc) is 2.76. The minimum atomic E-state index is -3.56. The highest BCUT2D eigenvalue weighted by molar-refractivity contribution is 7.90. The van der Waals surface area contributed by atoms with Crippen molar-refractivity contribution < 1.29 is 13.2 Å². The monoisotopic (exact) mass is 429 g/mol. The molecule has 0 fully saturated rings. The molecule has 0 saturated heterocycles. The Bertz CT molecular complexity index is 1000. The van der Waals surface area contributed by atoms with Crippen LogP contribution in [-0.4, -0.2) is 39.8 Å². The van der Waals surface area contributed by atoms with E-state index in [2.05, 4.69) is 30.4 Å². The standard InChI is InChI=1S/C23H31N3O3S/c1-5-22(20-11-10-17-8-6-7-9-19(17)16-20)24-23(27)18-12-14-21(15-13-18)26(4)30(28,29)25(2)3/h10-16,22H,5-9H2,1-4H3,(H,24,27)/t22-/m0/s1. The summed E-state index contributed by atoms with van der Waals surface area (Å²) in [7, 11) is 0.901.